The van der Waals surface area contributed by atoms with E-state index in [1.165, 1.54) is 0 Å². The molecule has 0 fully saturated rings. The zero-order valence-electron chi connectivity index (χ0n) is 10.8. The van der Waals surface area contributed by atoms with Gasteiger partial charge in [-0.05, 0) is 30.7 Å². The van der Waals surface area contributed by atoms with Crippen molar-refractivity contribution in [2.45, 2.75) is 25.1 Å². The van der Waals surface area contributed by atoms with Gasteiger partial charge in [-0.15, -0.1) is 0 Å². The second-order valence-electron chi connectivity index (χ2n) is 4.34. The molecule has 1 rings (SSSR count). The topological polar surface area (TPSA) is 72.2 Å². The summed E-state index contributed by atoms with van der Waals surface area (Å²) in [5.41, 5.74) is 6.79. The average Bonchev–Trinajstić information content (AvgIpc) is 2.34. The third-order valence-electron chi connectivity index (χ3n) is 2.86. The molecule has 0 bridgehead atoms. The van der Waals surface area contributed by atoms with Crippen molar-refractivity contribution >= 4 is 16.7 Å². The molecule has 1 aromatic rings. The van der Waals surface area contributed by atoms with Crippen molar-refractivity contribution in [3.63, 3.8) is 0 Å². The predicted octanol–water partition coefficient (Wildman–Crippen LogP) is 1.03. The number of nitrogens with two attached hydrogens (primary N) is 1. The highest BCUT2D eigenvalue weighted by Gasteiger charge is 2.05. The Morgan fingerprint density at radius 1 is 1.39 bits per heavy atom. The minimum Gasteiger partial charge on any atom is -0.366 e. The molecule has 100 valence electrons. The Hall–Kier alpha value is -1.20. The first-order chi connectivity index (χ1) is 8.50. The van der Waals surface area contributed by atoms with Crippen LogP contribution < -0.4 is 11.1 Å². The van der Waals surface area contributed by atoms with Crippen LogP contribution in [0.2, 0.25) is 0 Å². The van der Waals surface area contributed by atoms with Gasteiger partial charge in [0.2, 0.25) is 5.91 Å². The maximum atomic E-state index is 11.1. The van der Waals surface area contributed by atoms with Gasteiger partial charge in [0.05, 0.1) is 0 Å². The molecule has 0 radical (unpaired) electrons. The lowest BCUT2D eigenvalue weighted by atomic mass is 10.1. The van der Waals surface area contributed by atoms with Gasteiger partial charge in [-0.25, -0.2) is 0 Å². The molecule has 0 saturated heterocycles. The van der Waals surface area contributed by atoms with Crippen LogP contribution in [0, 0.1) is 0 Å². The van der Waals surface area contributed by atoms with Crippen molar-refractivity contribution in [3.8, 4) is 0 Å². The van der Waals surface area contributed by atoms with E-state index in [2.05, 4.69) is 5.32 Å². The molecule has 4 nitrogen and oxygen atoms in total. The second-order valence-corrected chi connectivity index (χ2v) is 6.14. The summed E-state index contributed by atoms with van der Waals surface area (Å²) in [4.78, 5) is 10.9. The van der Waals surface area contributed by atoms with E-state index in [1.807, 2.05) is 19.1 Å². The van der Waals surface area contributed by atoms with Crippen LogP contribution >= 0.6 is 0 Å². The number of carbonyl (C=O) groups excluding carboxylic acids is 1. The van der Waals surface area contributed by atoms with Gasteiger partial charge in [0.25, 0.3) is 0 Å². The average molecular weight is 268 g/mol. The normalized spacial score (nSPS) is 14.1. The zero-order valence-corrected chi connectivity index (χ0v) is 11.6. The van der Waals surface area contributed by atoms with E-state index in [4.69, 9.17) is 5.73 Å². The summed E-state index contributed by atoms with van der Waals surface area (Å²) < 4.78 is 11.1. The number of nitrogens with one attached hydrogen (secondary N) is 1. The summed E-state index contributed by atoms with van der Waals surface area (Å²) in [6.07, 6.45) is 2.62. The standard InChI is InChI=1S/C13H20N2O2S/c1-10(18(2)17)7-8-15-9-11-3-5-12(6-4-11)13(14)16/h3-6,10,15H,7-9H2,1-2H3,(H2,14,16). The molecule has 2 atom stereocenters. The van der Waals surface area contributed by atoms with E-state index in [0.717, 1.165) is 25.1 Å². The van der Waals surface area contributed by atoms with Crippen LogP contribution in [0.3, 0.4) is 0 Å². The monoisotopic (exact) mass is 268 g/mol. The van der Waals surface area contributed by atoms with Crippen LogP contribution in [0.1, 0.15) is 29.3 Å². The molecular formula is C13H20N2O2S. The Bertz CT molecular complexity index is 418. The van der Waals surface area contributed by atoms with Crippen LogP contribution in [0.4, 0.5) is 0 Å². The number of rotatable bonds is 7. The van der Waals surface area contributed by atoms with Crippen LogP contribution in [-0.2, 0) is 17.3 Å². The summed E-state index contributed by atoms with van der Waals surface area (Å²) >= 11 is 0. The largest absolute Gasteiger partial charge is 0.366 e. The molecule has 1 aromatic carbocycles. The van der Waals surface area contributed by atoms with Crippen molar-refractivity contribution in [3.05, 3.63) is 35.4 Å². The Morgan fingerprint density at radius 3 is 2.50 bits per heavy atom. The first-order valence-electron chi connectivity index (χ1n) is 5.92. The highest BCUT2D eigenvalue weighted by molar-refractivity contribution is 7.84. The molecule has 18 heavy (non-hydrogen) atoms. The van der Waals surface area contributed by atoms with Crippen molar-refractivity contribution < 1.29 is 9.00 Å². The van der Waals surface area contributed by atoms with Crippen LogP contribution in [-0.4, -0.2) is 28.2 Å². The Kier molecular flexibility index (Phi) is 6.01. The summed E-state index contributed by atoms with van der Waals surface area (Å²) in [5, 5.41) is 3.50. The van der Waals surface area contributed by atoms with Crippen LogP contribution in [0.25, 0.3) is 0 Å². The van der Waals surface area contributed by atoms with Crippen molar-refractivity contribution in [1.29, 1.82) is 0 Å². The third kappa shape index (κ3) is 4.98. The molecule has 0 aliphatic heterocycles. The van der Waals surface area contributed by atoms with Gasteiger partial charge in [-0.1, -0.05) is 19.1 Å². The first kappa shape index (κ1) is 14.9. The maximum absolute atomic E-state index is 11.1. The molecule has 0 aliphatic rings. The summed E-state index contributed by atoms with van der Waals surface area (Å²) in [6, 6.07) is 7.22. The molecule has 0 spiro atoms. The van der Waals surface area contributed by atoms with E-state index >= 15 is 0 Å². The summed E-state index contributed by atoms with van der Waals surface area (Å²) in [7, 11) is -0.758. The number of amides is 1. The van der Waals surface area contributed by atoms with Gasteiger partial charge < -0.3 is 11.1 Å². The predicted molar refractivity (Wildman–Crippen MR) is 74.8 cm³/mol. The van der Waals surface area contributed by atoms with Crippen LogP contribution in [0.5, 0.6) is 0 Å². The van der Waals surface area contributed by atoms with Gasteiger partial charge in [0, 0.05) is 34.4 Å². The van der Waals surface area contributed by atoms with Crippen LogP contribution in [0.15, 0.2) is 24.3 Å². The van der Waals surface area contributed by atoms with E-state index in [9.17, 15) is 9.00 Å². The SMILES string of the molecule is CC(CCNCc1ccc(C(N)=O)cc1)S(C)=O. The Balaban J connectivity index is 2.31. The fourth-order valence-corrected chi connectivity index (χ4v) is 1.94. The molecular weight excluding hydrogens is 248 g/mol. The minimum absolute atomic E-state index is 0.217. The highest BCUT2D eigenvalue weighted by Crippen LogP contribution is 2.04. The molecule has 0 heterocycles. The van der Waals surface area contributed by atoms with Gasteiger partial charge in [0.1, 0.15) is 0 Å². The molecule has 2 unspecified atom stereocenters. The number of primary amides is 1. The van der Waals surface area contributed by atoms with Gasteiger partial charge in [0.15, 0.2) is 0 Å². The summed E-state index contributed by atoms with van der Waals surface area (Å²) in [6.45, 7) is 3.56. The number of benzene rings is 1. The van der Waals surface area contributed by atoms with Gasteiger partial charge >= 0.3 is 0 Å². The van der Waals surface area contributed by atoms with E-state index < -0.39 is 16.7 Å². The number of carbonyl (C=O) groups is 1. The Morgan fingerprint density at radius 2 is 2.00 bits per heavy atom. The first-order valence-corrected chi connectivity index (χ1v) is 7.54. The number of hydrogen-bond acceptors (Lipinski definition) is 3. The highest BCUT2D eigenvalue weighted by atomic mass is 32.2. The molecule has 0 aromatic heterocycles. The van der Waals surface area contributed by atoms with E-state index in [-0.39, 0.29) is 5.25 Å². The van der Waals surface area contributed by atoms with E-state index in [1.54, 1.807) is 18.4 Å². The lowest BCUT2D eigenvalue weighted by molar-refractivity contribution is 0.100. The zero-order chi connectivity index (χ0) is 13.5. The minimum atomic E-state index is -0.758. The molecule has 1 amide bonds. The fraction of sp³-hybridized carbons (Fsp3) is 0.462. The van der Waals surface area contributed by atoms with Crippen molar-refractivity contribution in [1.82, 2.24) is 5.32 Å². The maximum Gasteiger partial charge on any atom is 0.248 e. The molecule has 0 saturated carbocycles. The van der Waals surface area contributed by atoms with Crippen molar-refractivity contribution in [2.75, 3.05) is 12.8 Å². The second kappa shape index (κ2) is 7.28. The molecule has 0 aliphatic carbocycles. The van der Waals surface area contributed by atoms with Gasteiger partial charge in [-0.2, -0.15) is 0 Å². The van der Waals surface area contributed by atoms with E-state index in [0.29, 0.717) is 5.56 Å². The smallest absolute Gasteiger partial charge is 0.248 e. The lowest BCUT2D eigenvalue weighted by Gasteiger charge is -2.09. The third-order valence-corrected chi connectivity index (χ3v) is 4.23. The van der Waals surface area contributed by atoms with Crippen molar-refractivity contribution in [2.24, 2.45) is 5.73 Å². The Labute approximate surface area is 110 Å². The fourth-order valence-electron chi connectivity index (χ4n) is 1.49. The van der Waals surface area contributed by atoms with Gasteiger partial charge in [-0.3, -0.25) is 9.00 Å². The lowest BCUT2D eigenvalue weighted by Crippen LogP contribution is -2.21. The number of hydrogen-bond donors (Lipinski definition) is 2. The molecule has 5 heteroatoms. The molecule has 3 N–H and O–H groups in total. The quantitative estimate of drug-likeness (QED) is 0.726. The summed E-state index contributed by atoms with van der Waals surface area (Å²) in [5.74, 6) is -0.409.